The number of aromatic nitrogens is 4. The highest BCUT2D eigenvalue weighted by molar-refractivity contribution is 5.83. The van der Waals surface area contributed by atoms with Crippen molar-refractivity contribution < 1.29 is 20.1 Å². The third-order valence-corrected chi connectivity index (χ3v) is 5.95. The lowest BCUT2D eigenvalue weighted by Gasteiger charge is -2.20. The number of nitrogens with zero attached hydrogens (tertiary/aromatic N) is 4. The molecule has 0 amide bonds. The van der Waals surface area contributed by atoms with Crippen LogP contribution >= 0.6 is 0 Å². The van der Waals surface area contributed by atoms with Crippen LogP contribution in [-0.4, -0.2) is 59.8 Å². The van der Waals surface area contributed by atoms with Gasteiger partial charge in [0.1, 0.15) is 24.6 Å². The molecule has 9 heteroatoms. The van der Waals surface area contributed by atoms with E-state index in [1.54, 1.807) is 4.57 Å². The van der Waals surface area contributed by atoms with Crippen molar-refractivity contribution in [2.24, 2.45) is 0 Å². The highest BCUT2D eigenvalue weighted by atomic mass is 16.6. The number of anilines is 1. The molecule has 2 aromatic carbocycles. The van der Waals surface area contributed by atoms with Crippen LogP contribution in [0, 0.1) is 0 Å². The van der Waals surface area contributed by atoms with E-state index in [0.29, 0.717) is 17.0 Å². The van der Waals surface area contributed by atoms with Gasteiger partial charge in [0, 0.05) is 0 Å². The number of imidazole rings is 1. The second kappa shape index (κ2) is 9.24. The van der Waals surface area contributed by atoms with Crippen molar-refractivity contribution in [3.05, 3.63) is 84.4 Å². The predicted octanol–water partition coefficient (Wildman–Crippen LogP) is 1.83. The van der Waals surface area contributed by atoms with Crippen LogP contribution in [-0.2, 0) is 11.2 Å². The Bertz CT molecular complexity index is 1200. The lowest BCUT2D eigenvalue weighted by molar-refractivity contribution is -0.0511. The number of hydrogen-bond acceptors (Lipinski definition) is 8. The Morgan fingerprint density at radius 3 is 2.36 bits per heavy atom. The van der Waals surface area contributed by atoms with Gasteiger partial charge in [-0.1, -0.05) is 60.7 Å². The number of aliphatic hydroxyl groups excluding tert-OH is 3. The average Bonchev–Trinajstić information content (AvgIpc) is 3.41. The Morgan fingerprint density at radius 1 is 0.939 bits per heavy atom. The number of benzene rings is 2. The van der Waals surface area contributed by atoms with Crippen molar-refractivity contribution in [3.8, 4) is 0 Å². The van der Waals surface area contributed by atoms with Crippen molar-refractivity contribution in [2.75, 3.05) is 11.9 Å². The maximum absolute atomic E-state index is 10.4. The van der Waals surface area contributed by atoms with Crippen molar-refractivity contribution in [3.63, 3.8) is 0 Å². The third kappa shape index (κ3) is 4.19. The van der Waals surface area contributed by atoms with E-state index in [4.69, 9.17) is 4.74 Å². The Labute approximate surface area is 190 Å². The zero-order chi connectivity index (χ0) is 22.8. The van der Waals surface area contributed by atoms with E-state index in [-0.39, 0.29) is 6.04 Å². The SMILES string of the molecule is OC[C@H]1O[C@@H](n2cnc3c(NC(Cc4ccccc4)c4ccccc4)ncnc32)[C@@H](O)C1O. The highest BCUT2D eigenvalue weighted by Gasteiger charge is 2.44. The Hall–Kier alpha value is -3.37. The number of rotatable bonds is 7. The van der Waals surface area contributed by atoms with Crippen LogP contribution in [0.15, 0.2) is 73.3 Å². The van der Waals surface area contributed by atoms with E-state index >= 15 is 0 Å². The van der Waals surface area contributed by atoms with Crippen molar-refractivity contribution in [1.82, 2.24) is 19.5 Å². The fourth-order valence-corrected chi connectivity index (χ4v) is 4.21. The zero-order valence-corrected chi connectivity index (χ0v) is 17.8. The number of hydrogen-bond donors (Lipinski definition) is 4. The lowest BCUT2D eigenvalue weighted by Crippen LogP contribution is -2.33. The first kappa shape index (κ1) is 21.5. The molecular formula is C24H25N5O4. The van der Waals surface area contributed by atoms with Crippen LogP contribution in [0.2, 0.25) is 0 Å². The highest BCUT2D eigenvalue weighted by Crippen LogP contribution is 2.33. The molecular weight excluding hydrogens is 422 g/mol. The predicted molar refractivity (Wildman–Crippen MR) is 121 cm³/mol. The first-order valence-corrected chi connectivity index (χ1v) is 10.8. The average molecular weight is 447 g/mol. The molecule has 4 aromatic rings. The molecule has 3 heterocycles. The summed E-state index contributed by atoms with van der Waals surface area (Å²) in [7, 11) is 0. The normalized spacial score (nSPS) is 23.6. The van der Waals surface area contributed by atoms with Gasteiger partial charge in [-0.3, -0.25) is 4.57 Å². The fourth-order valence-electron chi connectivity index (χ4n) is 4.21. The van der Waals surface area contributed by atoms with E-state index in [0.717, 1.165) is 12.0 Å². The minimum Gasteiger partial charge on any atom is -0.394 e. The monoisotopic (exact) mass is 447 g/mol. The Morgan fingerprint density at radius 2 is 1.67 bits per heavy atom. The van der Waals surface area contributed by atoms with E-state index in [2.05, 4.69) is 44.5 Å². The Kier molecular flexibility index (Phi) is 6.01. The van der Waals surface area contributed by atoms with Crippen molar-refractivity contribution in [2.45, 2.75) is 37.0 Å². The van der Waals surface area contributed by atoms with Crippen LogP contribution in [0.4, 0.5) is 5.82 Å². The summed E-state index contributed by atoms with van der Waals surface area (Å²) in [6.07, 6.45) is -0.555. The van der Waals surface area contributed by atoms with Gasteiger partial charge < -0.3 is 25.4 Å². The molecule has 170 valence electrons. The molecule has 0 aliphatic carbocycles. The molecule has 0 radical (unpaired) electrons. The number of ether oxygens (including phenoxy) is 1. The minimum absolute atomic E-state index is 0.0641. The van der Waals surface area contributed by atoms with E-state index in [1.807, 2.05) is 36.4 Å². The molecule has 33 heavy (non-hydrogen) atoms. The van der Waals surface area contributed by atoms with Gasteiger partial charge in [-0.2, -0.15) is 0 Å². The van der Waals surface area contributed by atoms with Gasteiger partial charge in [0.05, 0.1) is 19.0 Å². The topological polar surface area (TPSA) is 126 Å². The van der Waals surface area contributed by atoms with Crippen LogP contribution in [0.25, 0.3) is 11.2 Å². The number of fused-ring (bicyclic) bond motifs is 1. The number of aliphatic hydroxyl groups is 3. The summed E-state index contributed by atoms with van der Waals surface area (Å²) in [6, 6.07) is 20.3. The summed E-state index contributed by atoms with van der Waals surface area (Å²) in [4.78, 5) is 13.2. The maximum Gasteiger partial charge on any atom is 0.167 e. The summed E-state index contributed by atoms with van der Waals surface area (Å²) in [5.41, 5.74) is 3.26. The second-order valence-corrected chi connectivity index (χ2v) is 8.07. The molecule has 1 aliphatic rings. The van der Waals surface area contributed by atoms with E-state index in [9.17, 15) is 15.3 Å². The van der Waals surface area contributed by atoms with Gasteiger partial charge in [-0.15, -0.1) is 0 Å². The molecule has 0 spiro atoms. The fraction of sp³-hybridized carbons (Fsp3) is 0.292. The van der Waals surface area contributed by atoms with Gasteiger partial charge in [-0.25, -0.2) is 15.0 Å². The third-order valence-electron chi connectivity index (χ3n) is 5.95. The molecule has 4 N–H and O–H groups in total. The zero-order valence-electron chi connectivity index (χ0n) is 17.8. The molecule has 2 aromatic heterocycles. The van der Waals surface area contributed by atoms with Crippen molar-refractivity contribution >= 4 is 17.0 Å². The molecule has 5 atom stereocenters. The first-order valence-electron chi connectivity index (χ1n) is 10.8. The van der Waals surface area contributed by atoms with Crippen molar-refractivity contribution in [1.29, 1.82) is 0 Å². The second-order valence-electron chi connectivity index (χ2n) is 8.07. The lowest BCUT2D eigenvalue weighted by atomic mass is 9.99. The summed E-state index contributed by atoms with van der Waals surface area (Å²) in [6.45, 7) is -0.401. The standard InChI is InChI=1S/C24H25N5O4/c30-12-18-20(31)21(32)24(33-18)29-14-27-19-22(25-13-26-23(19)29)28-17(16-9-5-2-6-10-16)11-15-7-3-1-4-8-15/h1-10,13-14,17-18,20-21,24,30-32H,11-12H2,(H,25,26,28)/t17?,18-,20?,21+,24-/m1/s1. The molecule has 0 saturated carbocycles. The smallest absolute Gasteiger partial charge is 0.167 e. The maximum atomic E-state index is 10.4. The van der Waals surface area contributed by atoms with Gasteiger partial charge in [-0.05, 0) is 17.5 Å². The molecule has 1 aliphatic heterocycles. The Balaban J connectivity index is 1.48. The van der Waals surface area contributed by atoms with Gasteiger partial charge >= 0.3 is 0 Å². The molecule has 2 unspecified atom stereocenters. The van der Waals surface area contributed by atoms with E-state index in [1.165, 1.54) is 18.2 Å². The van der Waals surface area contributed by atoms with Crippen LogP contribution in [0.5, 0.6) is 0 Å². The summed E-state index contributed by atoms with van der Waals surface area (Å²) in [5.74, 6) is 0.551. The van der Waals surface area contributed by atoms with Crippen LogP contribution in [0.1, 0.15) is 23.4 Å². The molecule has 5 rings (SSSR count). The van der Waals surface area contributed by atoms with Gasteiger partial charge in [0.25, 0.3) is 0 Å². The molecule has 0 bridgehead atoms. The van der Waals surface area contributed by atoms with Gasteiger partial charge in [0.15, 0.2) is 23.2 Å². The molecule has 1 fully saturated rings. The first-order chi connectivity index (χ1) is 16.2. The quantitative estimate of drug-likeness (QED) is 0.338. The van der Waals surface area contributed by atoms with Crippen LogP contribution in [0.3, 0.4) is 0 Å². The summed E-state index contributed by atoms with van der Waals surface area (Å²) >= 11 is 0. The molecule has 9 nitrogen and oxygen atoms in total. The van der Waals surface area contributed by atoms with Gasteiger partial charge in [0.2, 0.25) is 0 Å². The minimum atomic E-state index is -1.22. The molecule has 1 saturated heterocycles. The largest absolute Gasteiger partial charge is 0.394 e. The van der Waals surface area contributed by atoms with E-state index < -0.39 is 31.1 Å². The summed E-state index contributed by atoms with van der Waals surface area (Å²) < 4.78 is 7.21. The number of nitrogens with one attached hydrogen (secondary N) is 1. The summed E-state index contributed by atoms with van der Waals surface area (Å²) in [5, 5.41) is 33.5. The van der Waals surface area contributed by atoms with Crippen LogP contribution < -0.4 is 5.32 Å².